The van der Waals surface area contributed by atoms with Gasteiger partial charge in [0.1, 0.15) is 0 Å². The zero-order valence-corrected chi connectivity index (χ0v) is 13.8. The second-order valence-corrected chi connectivity index (χ2v) is 6.24. The van der Waals surface area contributed by atoms with Gasteiger partial charge in [-0.2, -0.15) is 0 Å². The fourth-order valence-corrected chi connectivity index (χ4v) is 2.36. The lowest BCUT2D eigenvalue weighted by Gasteiger charge is -2.13. The standard InChI is InChI=1S/C19H24N2O/c1-13(2)11-16-6-8-17(9-7-16)15(4)19(22)21-18-10-5-14(3)20-12-18/h5-10,12-13,15H,11H2,1-4H3,(H,21,22). The number of benzene rings is 1. The van der Waals surface area contributed by atoms with Gasteiger partial charge in [0, 0.05) is 5.69 Å². The number of aryl methyl sites for hydroxylation is 1. The van der Waals surface area contributed by atoms with Crippen molar-refractivity contribution < 1.29 is 4.79 Å². The van der Waals surface area contributed by atoms with E-state index in [-0.39, 0.29) is 11.8 Å². The topological polar surface area (TPSA) is 42.0 Å². The van der Waals surface area contributed by atoms with Gasteiger partial charge in [0.05, 0.1) is 17.8 Å². The van der Waals surface area contributed by atoms with Crippen LogP contribution in [0.3, 0.4) is 0 Å². The van der Waals surface area contributed by atoms with Crippen molar-refractivity contribution in [2.75, 3.05) is 5.32 Å². The molecule has 0 saturated heterocycles. The number of nitrogens with one attached hydrogen (secondary N) is 1. The highest BCUT2D eigenvalue weighted by Gasteiger charge is 2.15. The van der Waals surface area contributed by atoms with Crippen molar-refractivity contribution in [3.8, 4) is 0 Å². The Morgan fingerprint density at radius 1 is 1.09 bits per heavy atom. The minimum atomic E-state index is -0.186. The summed E-state index contributed by atoms with van der Waals surface area (Å²) in [5, 5.41) is 2.91. The minimum absolute atomic E-state index is 0.0118. The summed E-state index contributed by atoms with van der Waals surface area (Å²) >= 11 is 0. The molecular weight excluding hydrogens is 272 g/mol. The molecule has 116 valence electrons. The van der Waals surface area contributed by atoms with E-state index < -0.39 is 0 Å². The van der Waals surface area contributed by atoms with E-state index in [0.717, 1.165) is 23.4 Å². The molecule has 1 amide bonds. The third-order valence-corrected chi connectivity index (χ3v) is 3.70. The first-order valence-corrected chi connectivity index (χ1v) is 7.78. The van der Waals surface area contributed by atoms with Crippen LogP contribution in [-0.4, -0.2) is 10.9 Å². The molecule has 1 aromatic carbocycles. The molecule has 0 aliphatic carbocycles. The monoisotopic (exact) mass is 296 g/mol. The molecule has 2 rings (SSSR count). The van der Waals surface area contributed by atoms with Crippen LogP contribution in [0.2, 0.25) is 0 Å². The molecule has 1 N–H and O–H groups in total. The highest BCUT2D eigenvalue weighted by atomic mass is 16.1. The Kier molecular flexibility index (Phi) is 5.31. The Labute approximate surface area is 132 Å². The maximum absolute atomic E-state index is 12.3. The summed E-state index contributed by atoms with van der Waals surface area (Å²) in [6.07, 6.45) is 2.75. The van der Waals surface area contributed by atoms with Crippen molar-refractivity contribution in [2.24, 2.45) is 5.92 Å². The largest absolute Gasteiger partial charge is 0.324 e. The highest BCUT2D eigenvalue weighted by Crippen LogP contribution is 2.19. The molecule has 0 aliphatic rings. The summed E-state index contributed by atoms with van der Waals surface area (Å²) in [7, 11) is 0. The van der Waals surface area contributed by atoms with Crippen LogP contribution >= 0.6 is 0 Å². The first kappa shape index (κ1) is 16.2. The van der Waals surface area contributed by atoms with Gasteiger partial charge in [-0.25, -0.2) is 0 Å². The van der Waals surface area contributed by atoms with Crippen LogP contribution in [-0.2, 0) is 11.2 Å². The van der Waals surface area contributed by atoms with E-state index in [4.69, 9.17) is 0 Å². The lowest BCUT2D eigenvalue weighted by molar-refractivity contribution is -0.117. The van der Waals surface area contributed by atoms with Gasteiger partial charge in [-0.1, -0.05) is 38.1 Å². The minimum Gasteiger partial charge on any atom is -0.324 e. The number of carbonyl (C=O) groups is 1. The zero-order valence-electron chi connectivity index (χ0n) is 13.8. The van der Waals surface area contributed by atoms with Crippen molar-refractivity contribution in [1.82, 2.24) is 4.98 Å². The summed E-state index contributed by atoms with van der Waals surface area (Å²) in [6, 6.07) is 12.1. The van der Waals surface area contributed by atoms with Crippen LogP contribution in [0, 0.1) is 12.8 Å². The van der Waals surface area contributed by atoms with Crippen LogP contribution in [0.1, 0.15) is 43.5 Å². The molecule has 0 bridgehead atoms. The zero-order chi connectivity index (χ0) is 16.1. The number of hydrogen-bond donors (Lipinski definition) is 1. The number of rotatable bonds is 5. The molecule has 0 radical (unpaired) electrons. The maximum Gasteiger partial charge on any atom is 0.231 e. The predicted molar refractivity (Wildman–Crippen MR) is 91.0 cm³/mol. The van der Waals surface area contributed by atoms with Gasteiger partial charge in [0.15, 0.2) is 0 Å². The second kappa shape index (κ2) is 7.21. The van der Waals surface area contributed by atoms with Gasteiger partial charge >= 0.3 is 0 Å². The molecule has 3 heteroatoms. The van der Waals surface area contributed by atoms with Gasteiger partial charge in [-0.15, -0.1) is 0 Å². The van der Waals surface area contributed by atoms with Gasteiger partial charge in [-0.05, 0) is 49.4 Å². The van der Waals surface area contributed by atoms with E-state index in [1.807, 2.05) is 26.0 Å². The van der Waals surface area contributed by atoms with Crippen molar-refractivity contribution in [3.05, 3.63) is 59.4 Å². The Morgan fingerprint density at radius 3 is 2.32 bits per heavy atom. The first-order chi connectivity index (χ1) is 10.5. The van der Waals surface area contributed by atoms with E-state index in [2.05, 4.69) is 48.4 Å². The number of amides is 1. The number of aromatic nitrogens is 1. The summed E-state index contributed by atoms with van der Waals surface area (Å²) in [5.41, 5.74) is 4.02. The maximum atomic E-state index is 12.3. The molecule has 0 spiro atoms. The Hall–Kier alpha value is -2.16. The second-order valence-electron chi connectivity index (χ2n) is 6.24. The summed E-state index contributed by atoms with van der Waals surface area (Å²) in [5.74, 6) is 0.442. The number of anilines is 1. The van der Waals surface area contributed by atoms with Crippen LogP contribution in [0.4, 0.5) is 5.69 Å². The average Bonchev–Trinajstić information content (AvgIpc) is 2.49. The number of carbonyl (C=O) groups excluding carboxylic acids is 1. The van der Waals surface area contributed by atoms with E-state index >= 15 is 0 Å². The molecule has 0 saturated carbocycles. The fraction of sp³-hybridized carbons (Fsp3) is 0.368. The quantitative estimate of drug-likeness (QED) is 0.892. The molecule has 1 atom stereocenters. The van der Waals surface area contributed by atoms with Gasteiger partial charge < -0.3 is 5.32 Å². The molecule has 1 unspecified atom stereocenters. The molecule has 0 aliphatic heterocycles. The number of hydrogen-bond acceptors (Lipinski definition) is 2. The molecule has 3 nitrogen and oxygen atoms in total. The predicted octanol–water partition coefficient (Wildman–Crippen LogP) is 4.33. The third-order valence-electron chi connectivity index (χ3n) is 3.70. The molecule has 0 fully saturated rings. The smallest absolute Gasteiger partial charge is 0.231 e. The molecular formula is C19H24N2O. The molecule has 1 heterocycles. The van der Waals surface area contributed by atoms with Crippen molar-refractivity contribution in [1.29, 1.82) is 0 Å². The normalized spacial score (nSPS) is 12.2. The Bertz CT molecular complexity index is 615. The van der Waals surface area contributed by atoms with Crippen LogP contribution in [0.25, 0.3) is 0 Å². The first-order valence-electron chi connectivity index (χ1n) is 7.78. The van der Waals surface area contributed by atoms with Crippen LogP contribution in [0.5, 0.6) is 0 Å². The summed E-state index contributed by atoms with van der Waals surface area (Å²) < 4.78 is 0. The van der Waals surface area contributed by atoms with Crippen molar-refractivity contribution >= 4 is 11.6 Å². The summed E-state index contributed by atoms with van der Waals surface area (Å²) in [4.78, 5) is 16.5. The van der Waals surface area contributed by atoms with Crippen LogP contribution < -0.4 is 5.32 Å². The number of pyridine rings is 1. The van der Waals surface area contributed by atoms with E-state index in [1.54, 1.807) is 6.20 Å². The Morgan fingerprint density at radius 2 is 1.77 bits per heavy atom. The van der Waals surface area contributed by atoms with Gasteiger partial charge in [0.25, 0.3) is 0 Å². The van der Waals surface area contributed by atoms with Crippen molar-refractivity contribution in [3.63, 3.8) is 0 Å². The number of nitrogens with zero attached hydrogens (tertiary/aromatic N) is 1. The molecule has 2 aromatic rings. The van der Waals surface area contributed by atoms with Gasteiger partial charge in [0.2, 0.25) is 5.91 Å². The molecule has 22 heavy (non-hydrogen) atoms. The van der Waals surface area contributed by atoms with E-state index in [0.29, 0.717) is 5.92 Å². The molecule has 1 aromatic heterocycles. The fourth-order valence-electron chi connectivity index (χ4n) is 2.36. The van der Waals surface area contributed by atoms with Crippen LogP contribution in [0.15, 0.2) is 42.6 Å². The third kappa shape index (κ3) is 4.42. The Balaban J connectivity index is 2.02. The van der Waals surface area contributed by atoms with E-state index in [1.165, 1.54) is 5.56 Å². The average molecular weight is 296 g/mol. The lowest BCUT2D eigenvalue weighted by Crippen LogP contribution is -2.19. The summed E-state index contributed by atoms with van der Waals surface area (Å²) in [6.45, 7) is 8.26. The lowest BCUT2D eigenvalue weighted by atomic mass is 9.96. The van der Waals surface area contributed by atoms with E-state index in [9.17, 15) is 4.79 Å². The SMILES string of the molecule is Cc1ccc(NC(=O)C(C)c2ccc(CC(C)C)cc2)cn1. The van der Waals surface area contributed by atoms with Gasteiger partial charge in [-0.3, -0.25) is 9.78 Å². The van der Waals surface area contributed by atoms with Crippen molar-refractivity contribution in [2.45, 2.75) is 40.0 Å². The highest BCUT2D eigenvalue weighted by molar-refractivity contribution is 5.95.